The molecule has 0 saturated heterocycles. The third-order valence-corrected chi connectivity index (χ3v) is 3.15. The average Bonchev–Trinajstić information content (AvgIpc) is 2.32. The highest BCUT2D eigenvalue weighted by molar-refractivity contribution is 6.36. The number of amides is 2. The fourth-order valence-corrected chi connectivity index (χ4v) is 2.04. The third kappa shape index (κ3) is 4.71. The minimum Gasteiger partial charge on any atom is -0.480 e. The van der Waals surface area contributed by atoms with Gasteiger partial charge in [-0.3, -0.25) is 9.59 Å². The lowest BCUT2D eigenvalue weighted by atomic mass is 10.1. The van der Waals surface area contributed by atoms with Crippen molar-refractivity contribution in [2.24, 2.45) is 5.73 Å². The van der Waals surface area contributed by atoms with E-state index in [-0.39, 0.29) is 6.42 Å². The summed E-state index contributed by atoms with van der Waals surface area (Å²) in [6.07, 6.45) is -0.682. The van der Waals surface area contributed by atoms with E-state index in [2.05, 4.69) is 5.32 Å². The molecule has 1 atom stereocenters. The maximum Gasteiger partial charge on any atom is 0.326 e. The summed E-state index contributed by atoms with van der Waals surface area (Å²) in [5, 5.41) is 11.7. The lowest BCUT2D eigenvalue weighted by Gasteiger charge is -2.13. The zero-order valence-corrected chi connectivity index (χ0v) is 11.7. The largest absolute Gasteiger partial charge is 0.480 e. The zero-order valence-electron chi connectivity index (χ0n) is 10.2. The van der Waals surface area contributed by atoms with Gasteiger partial charge in [0, 0.05) is 10.0 Å². The number of hydrogen-bond donors (Lipinski definition) is 3. The van der Waals surface area contributed by atoms with Crippen LogP contribution in [0.1, 0.15) is 12.0 Å². The van der Waals surface area contributed by atoms with Gasteiger partial charge in [0.15, 0.2) is 0 Å². The minimum atomic E-state index is -1.37. The van der Waals surface area contributed by atoms with Crippen molar-refractivity contribution in [1.29, 1.82) is 0 Å². The van der Waals surface area contributed by atoms with E-state index in [9.17, 15) is 14.4 Å². The van der Waals surface area contributed by atoms with Crippen molar-refractivity contribution in [3.63, 3.8) is 0 Å². The molecule has 0 spiro atoms. The van der Waals surface area contributed by atoms with Gasteiger partial charge in [0.25, 0.3) is 0 Å². The van der Waals surface area contributed by atoms with E-state index in [1.54, 1.807) is 18.2 Å². The number of carbonyl (C=O) groups is 3. The van der Waals surface area contributed by atoms with Crippen LogP contribution in [0.4, 0.5) is 0 Å². The molecule has 2 amide bonds. The number of carboxylic acids is 1. The van der Waals surface area contributed by atoms with Crippen molar-refractivity contribution in [3.8, 4) is 0 Å². The number of nitrogens with two attached hydrogens (primary N) is 1. The molecule has 1 aromatic carbocycles. The number of nitrogens with one attached hydrogen (secondary N) is 1. The van der Waals surface area contributed by atoms with Gasteiger partial charge in [0.1, 0.15) is 6.04 Å². The molecule has 0 aliphatic carbocycles. The van der Waals surface area contributed by atoms with Crippen molar-refractivity contribution in [2.75, 3.05) is 0 Å². The van der Waals surface area contributed by atoms with Crippen LogP contribution >= 0.6 is 23.2 Å². The summed E-state index contributed by atoms with van der Waals surface area (Å²) < 4.78 is 0. The summed E-state index contributed by atoms with van der Waals surface area (Å²) in [6, 6.07) is 3.38. The van der Waals surface area contributed by atoms with Crippen molar-refractivity contribution >= 4 is 41.0 Å². The van der Waals surface area contributed by atoms with E-state index in [1.165, 1.54) is 0 Å². The SMILES string of the molecule is NC(=O)C[C@H](NC(=O)Cc1c(Cl)cccc1Cl)C(=O)O. The first-order valence-corrected chi connectivity index (χ1v) is 6.30. The highest BCUT2D eigenvalue weighted by Gasteiger charge is 2.22. The standard InChI is InChI=1S/C12H12Cl2N2O4/c13-7-2-1-3-8(14)6(7)4-11(18)16-9(12(19)20)5-10(15)17/h1-3,9H,4-5H2,(H2,15,17)(H,16,18)(H,19,20)/t9-/m0/s1. The van der Waals surface area contributed by atoms with E-state index in [0.717, 1.165) is 0 Å². The second-order valence-electron chi connectivity index (χ2n) is 4.01. The van der Waals surface area contributed by atoms with Gasteiger partial charge in [-0.1, -0.05) is 29.3 Å². The molecule has 1 aromatic rings. The van der Waals surface area contributed by atoms with Crippen molar-refractivity contribution in [3.05, 3.63) is 33.8 Å². The van der Waals surface area contributed by atoms with Gasteiger partial charge in [-0.15, -0.1) is 0 Å². The Bertz CT molecular complexity index is 528. The summed E-state index contributed by atoms with van der Waals surface area (Å²) in [4.78, 5) is 33.4. The van der Waals surface area contributed by atoms with Gasteiger partial charge in [0.2, 0.25) is 11.8 Å². The fourth-order valence-electron chi connectivity index (χ4n) is 1.51. The molecule has 1 rings (SSSR count). The van der Waals surface area contributed by atoms with E-state index in [4.69, 9.17) is 34.0 Å². The van der Waals surface area contributed by atoms with Crippen LogP contribution in [-0.2, 0) is 20.8 Å². The fraction of sp³-hybridized carbons (Fsp3) is 0.250. The van der Waals surface area contributed by atoms with Gasteiger partial charge in [0.05, 0.1) is 12.8 Å². The van der Waals surface area contributed by atoms with Crippen LogP contribution in [0.3, 0.4) is 0 Å². The van der Waals surface area contributed by atoms with Gasteiger partial charge in [-0.05, 0) is 17.7 Å². The number of aliphatic carboxylic acids is 1. The normalized spacial score (nSPS) is 11.7. The van der Waals surface area contributed by atoms with E-state index < -0.39 is 30.2 Å². The molecule has 6 nitrogen and oxygen atoms in total. The number of carboxylic acid groups (broad SMARTS) is 1. The molecule has 0 bridgehead atoms. The number of halogens is 2. The van der Waals surface area contributed by atoms with E-state index in [1.807, 2.05) is 0 Å². The van der Waals surface area contributed by atoms with E-state index in [0.29, 0.717) is 15.6 Å². The molecule has 0 fully saturated rings. The first kappa shape index (κ1) is 16.3. The van der Waals surface area contributed by atoms with Crippen molar-refractivity contribution in [1.82, 2.24) is 5.32 Å². The maximum atomic E-state index is 11.8. The predicted octanol–water partition coefficient (Wildman–Crippen LogP) is 0.981. The number of carbonyl (C=O) groups excluding carboxylic acids is 2. The van der Waals surface area contributed by atoms with Crippen LogP contribution in [0.2, 0.25) is 10.0 Å². The highest BCUT2D eigenvalue weighted by atomic mass is 35.5. The molecule has 0 aliphatic rings. The highest BCUT2D eigenvalue weighted by Crippen LogP contribution is 2.24. The lowest BCUT2D eigenvalue weighted by Crippen LogP contribution is -2.43. The van der Waals surface area contributed by atoms with Gasteiger partial charge in [-0.2, -0.15) is 0 Å². The van der Waals surface area contributed by atoms with Crippen LogP contribution in [0.5, 0.6) is 0 Å². The Labute approximate surface area is 124 Å². The molecule has 0 aromatic heterocycles. The van der Waals surface area contributed by atoms with Crippen LogP contribution in [0.25, 0.3) is 0 Å². The van der Waals surface area contributed by atoms with Gasteiger partial charge < -0.3 is 16.2 Å². The second kappa shape index (κ2) is 7.12. The minimum absolute atomic E-state index is 0.193. The van der Waals surface area contributed by atoms with Crippen molar-refractivity contribution in [2.45, 2.75) is 18.9 Å². The molecule has 0 unspecified atom stereocenters. The molecular weight excluding hydrogens is 307 g/mol. The molecule has 20 heavy (non-hydrogen) atoms. The third-order valence-electron chi connectivity index (χ3n) is 2.44. The Balaban J connectivity index is 2.76. The number of hydrogen-bond acceptors (Lipinski definition) is 3. The molecule has 0 aliphatic heterocycles. The molecule has 108 valence electrons. The van der Waals surface area contributed by atoms with Crippen LogP contribution < -0.4 is 11.1 Å². The Kier molecular flexibility index (Phi) is 5.79. The molecular formula is C12H12Cl2N2O4. The smallest absolute Gasteiger partial charge is 0.326 e. The Morgan fingerprint density at radius 3 is 2.25 bits per heavy atom. The zero-order chi connectivity index (χ0) is 15.3. The summed E-state index contributed by atoms with van der Waals surface area (Å²) in [5.41, 5.74) is 5.30. The molecule has 4 N–H and O–H groups in total. The maximum absolute atomic E-state index is 11.8. The Morgan fingerprint density at radius 1 is 1.25 bits per heavy atom. The molecule has 0 heterocycles. The number of rotatable bonds is 6. The molecule has 0 radical (unpaired) electrons. The molecule has 0 saturated carbocycles. The van der Waals surface area contributed by atoms with Gasteiger partial charge in [-0.25, -0.2) is 4.79 Å². The average molecular weight is 319 g/mol. The molecule has 8 heteroatoms. The second-order valence-corrected chi connectivity index (χ2v) is 4.82. The monoisotopic (exact) mass is 318 g/mol. The van der Waals surface area contributed by atoms with Crippen LogP contribution in [0, 0.1) is 0 Å². The van der Waals surface area contributed by atoms with Gasteiger partial charge >= 0.3 is 5.97 Å². The lowest BCUT2D eigenvalue weighted by molar-refractivity contribution is -0.143. The summed E-state index contributed by atoms with van der Waals surface area (Å²) in [5.74, 6) is -2.79. The Hall–Kier alpha value is -1.79. The number of benzene rings is 1. The summed E-state index contributed by atoms with van der Waals surface area (Å²) in [6.45, 7) is 0. The first-order valence-electron chi connectivity index (χ1n) is 5.54. The first-order chi connectivity index (χ1) is 9.31. The predicted molar refractivity (Wildman–Crippen MR) is 73.5 cm³/mol. The summed E-state index contributed by atoms with van der Waals surface area (Å²) >= 11 is 11.8. The quantitative estimate of drug-likeness (QED) is 0.726. The van der Waals surface area contributed by atoms with Crippen LogP contribution in [-0.4, -0.2) is 28.9 Å². The van der Waals surface area contributed by atoms with E-state index >= 15 is 0 Å². The van der Waals surface area contributed by atoms with Crippen molar-refractivity contribution < 1.29 is 19.5 Å². The topological polar surface area (TPSA) is 109 Å². The Morgan fingerprint density at radius 2 is 1.80 bits per heavy atom. The van der Waals surface area contributed by atoms with Crippen LogP contribution in [0.15, 0.2) is 18.2 Å². The summed E-state index contributed by atoms with van der Waals surface area (Å²) in [7, 11) is 0. The number of primary amides is 1.